The van der Waals surface area contributed by atoms with Crippen molar-refractivity contribution in [2.24, 2.45) is 16.7 Å². The number of halogens is 3. The summed E-state index contributed by atoms with van der Waals surface area (Å²) in [5.41, 5.74) is 11.6. The molecule has 2 aliphatic rings. The molecule has 2 aliphatic heterocycles. The molecule has 2 aromatic rings. The van der Waals surface area contributed by atoms with Gasteiger partial charge < -0.3 is 27.1 Å². The Labute approximate surface area is 235 Å². The topological polar surface area (TPSA) is 172 Å². The van der Waals surface area contributed by atoms with Gasteiger partial charge >= 0.3 is 0 Å². The standard InChI is InChI=1S/C24H31Cl2FN10O2/c1-2-14-12-36(21-19(26)31-18(20(28)32-21)22(38)33-24(29)34-30)9-10-37(14)15-5-7-35(8-6-15)23(39)13-3-4-16(25)17(27)11-13/h3-4,11,14-15H,2,5-10,12,30H2,1H3,(H2,28,32)(H3,29,33,34,38)/t14-/m0/s1. The van der Waals surface area contributed by atoms with Crippen LogP contribution in [0.4, 0.5) is 16.0 Å². The van der Waals surface area contributed by atoms with E-state index in [0.29, 0.717) is 43.6 Å². The molecule has 210 valence electrons. The van der Waals surface area contributed by atoms with Gasteiger partial charge in [-0.1, -0.05) is 30.1 Å². The average Bonchev–Trinajstić information content (AvgIpc) is 2.94. The van der Waals surface area contributed by atoms with E-state index in [-0.39, 0.29) is 39.6 Å². The SMILES string of the molecule is CC[C@H]1CN(c2nc(N)c(C(=O)NC(N)=NN)nc2Cl)CCN1C1CCN(C(=O)c2ccc(Cl)c(F)c2)CC1. The molecule has 1 aromatic heterocycles. The Morgan fingerprint density at radius 2 is 1.90 bits per heavy atom. The van der Waals surface area contributed by atoms with Gasteiger partial charge in [0.1, 0.15) is 5.82 Å². The van der Waals surface area contributed by atoms with Gasteiger partial charge in [0.05, 0.1) is 5.02 Å². The molecule has 3 heterocycles. The molecule has 1 atom stereocenters. The summed E-state index contributed by atoms with van der Waals surface area (Å²) >= 11 is 12.2. The smallest absolute Gasteiger partial charge is 0.280 e. The number of carbonyl (C=O) groups is 2. The van der Waals surface area contributed by atoms with Crippen molar-refractivity contribution >= 4 is 52.6 Å². The first-order valence-electron chi connectivity index (χ1n) is 12.6. The Hall–Kier alpha value is -3.42. The molecule has 0 saturated carbocycles. The second-order valence-electron chi connectivity index (χ2n) is 9.44. The summed E-state index contributed by atoms with van der Waals surface area (Å²) in [4.78, 5) is 40.0. The molecule has 15 heteroatoms. The number of nitrogens with two attached hydrogens (primary N) is 3. The van der Waals surface area contributed by atoms with E-state index >= 15 is 0 Å². The van der Waals surface area contributed by atoms with Crippen LogP contribution in [0.1, 0.15) is 47.0 Å². The van der Waals surface area contributed by atoms with E-state index in [1.54, 1.807) is 11.0 Å². The van der Waals surface area contributed by atoms with Crippen molar-refractivity contribution in [3.05, 3.63) is 45.4 Å². The number of anilines is 2. The Morgan fingerprint density at radius 3 is 2.54 bits per heavy atom. The monoisotopic (exact) mass is 580 g/mol. The number of hydrogen-bond acceptors (Lipinski definition) is 9. The maximum Gasteiger partial charge on any atom is 0.280 e. The first-order valence-corrected chi connectivity index (χ1v) is 13.3. The zero-order chi connectivity index (χ0) is 28.3. The summed E-state index contributed by atoms with van der Waals surface area (Å²) in [6.07, 6.45) is 2.51. The van der Waals surface area contributed by atoms with Gasteiger partial charge in [-0.3, -0.25) is 19.8 Å². The van der Waals surface area contributed by atoms with Crippen molar-refractivity contribution in [2.45, 2.75) is 38.3 Å². The van der Waals surface area contributed by atoms with E-state index in [1.165, 1.54) is 12.1 Å². The number of nitrogens with zero attached hydrogens (tertiary/aromatic N) is 6. The number of nitrogen functional groups attached to an aromatic ring is 1. The number of piperidine rings is 1. The third-order valence-electron chi connectivity index (χ3n) is 7.15. The molecule has 0 bridgehead atoms. The fraction of sp³-hybridized carbons (Fsp3) is 0.458. The molecule has 0 aliphatic carbocycles. The van der Waals surface area contributed by atoms with E-state index in [0.717, 1.165) is 25.8 Å². The lowest BCUT2D eigenvalue weighted by Crippen LogP contribution is -2.58. The predicted molar refractivity (Wildman–Crippen MR) is 148 cm³/mol. The second-order valence-corrected chi connectivity index (χ2v) is 10.2. The van der Waals surface area contributed by atoms with Crippen LogP contribution in [-0.2, 0) is 0 Å². The van der Waals surface area contributed by atoms with Crippen LogP contribution in [0.25, 0.3) is 0 Å². The van der Waals surface area contributed by atoms with Crippen molar-refractivity contribution in [2.75, 3.05) is 43.4 Å². The summed E-state index contributed by atoms with van der Waals surface area (Å²) in [5.74, 6) is 3.55. The van der Waals surface area contributed by atoms with Crippen LogP contribution in [0.5, 0.6) is 0 Å². The molecule has 12 nitrogen and oxygen atoms in total. The number of piperazine rings is 1. The quantitative estimate of drug-likeness (QED) is 0.177. The molecule has 7 N–H and O–H groups in total. The van der Waals surface area contributed by atoms with E-state index in [2.05, 4.69) is 32.2 Å². The maximum absolute atomic E-state index is 13.8. The average molecular weight is 581 g/mol. The number of aromatic nitrogens is 2. The zero-order valence-electron chi connectivity index (χ0n) is 21.4. The highest BCUT2D eigenvalue weighted by molar-refractivity contribution is 6.32. The number of hydrogen-bond donors (Lipinski definition) is 4. The van der Waals surface area contributed by atoms with Crippen molar-refractivity contribution in [3.8, 4) is 0 Å². The molecule has 4 rings (SSSR count). The van der Waals surface area contributed by atoms with E-state index in [1.807, 2.05) is 4.90 Å². The molecule has 39 heavy (non-hydrogen) atoms. The van der Waals surface area contributed by atoms with Gasteiger partial charge in [0.15, 0.2) is 22.5 Å². The van der Waals surface area contributed by atoms with Crippen molar-refractivity contribution in [1.82, 2.24) is 25.1 Å². The Morgan fingerprint density at radius 1 is 1.18 bits per heavy atom. The lowest BCUT2D eigenvalue weighted by molar-refractivity contribution is 0.0490. The number of rotatable bonds is 5. The first kappa shape index (κ1) is 28.6. The zero-order valence-corrected chi connectivity index (χ0v) is 22.9. The summed E-state index contributed by atoms with van der Waals surface area (Å²) in [7, 11) is 0. The number of carbonyl (C=O) groups excluding carboxylic acids is 2. The molecule has 0 unspecified atom stereocenters. The summed E-state index contributed by atoms with van der Waals surface area (Å²) in [5, 5.41) is 5.48. The highest BCUT2D eigenvalue weighted by Crippen LogP contribution is 2.30. The molecule has 2 amide bonds. The summed E-state index contributed by atoms with van der Waals surface area (Å²) in [6.45, 7) is 5.32. The van der Waals surface area contributed by atoms with Crippen LogP contribution in [0, 0.1) is 5.82 Å². The lowest BCUT2D eigenvalue weighted by atomic mass is 9.97. The molecule has 1 aromatic carbocycles. The van der Waals surface area contributed by atoms with Gasteiger partial charge in [0.25, 0.3) is 11.8 Å². The molecule has 2 saturated heterocycles. The number of nitrogens with one attached hydrogen (secondary N) is 1. The van der Waals surface area contributed by atoms with Gasteiger partial charge in [0, 0.05) is 50.4 Å². The number of guanidine groups is 1. The normalized spacial score (nSPS) is 19.3. The lowest BCUT2D eigenvalue weighted by Gasteiger charge is -2.47. The Kier molecular flexibility index (Phi) is 8.93. The second kappa shape index (κ2) is 12.2. The first-order chi connectivity index (χ1) is 18.6. The van der Waals surface area contributed by atoms with Gasteiger partial charge in [-0.05, 0) is 37.5 Å². The highest BCUT2D eigenvalue weighted by Gasteiger charge is 2.35. The third kappa shape index (κ3) is 6.26. The van der Waals surface area contributed by atoms with E-state index < -0.39 is 11.7 Å². The molecular formula is C24H31Cl2FN10O2. The van der Waals surface area contributed by atoms with Crippen LogP contribution in [0.15, 0.2) is 23.3 Å². The molecule has 2 fully saturated rings. The van der Waals surface area contributed by atoms with Crippen molar-refractivity contribution < 1.29 is 14.0 Å². The van der Waals surface area contributed by atoms with Crippen LogP contribution < -0.4 is 27.5 Å². The van der Waals surface area contributed by atoms with E-state index in [9.17, 15) is 14.0 Å². The Bertz CT molecular complexity index is 1270. The fourth-order valence-corrected chi connectivity index (χ4v) is 5.48. The number of benzene rings is 1. The number of amides is 2. The minimum absolute atomic E-state index is 0.00548. The Balaban J connectivity index is 1.39. The molecule has 0 radical (unpaired) electrons. The summed E-state index contributed by atoms with van der Waals surface area (Å²) < 4.78 is 13.8. The van der Waals surface area contributed by atoms with Gasteiger partial charge in [-0.15, -0.1) is 5.10 Å². The highest BCUT2D eigenvalue weighted by atomic mass is 35.5. The number of likely N-dealkylation sites (tertiary alicyclic amines) is 1. The predicted octanol–water partition coefficient (Wildman–Crippen LogP) is 1.63. The van der Waals surface area contributed by atoms with Gasteiger partial charge in [0.2, 0.25) is 5.96 Å². The molecule has 0 spiro atoms. The van der Waals surface area contributed by atoms with Crippen molar-refractivity contribution in [1.29, 1.82) is 0 Å². The van der Waals surface area contributed by atoms with Crippen LogP contribution in [-0.4, -0.2) is 82.3 Å². The minimum Gasteiger partial charge on any atom is -0.382 e. The molecular weight excluding hydrogens is 550 g/mol. The van der Waals surface area contributed by atoms with Crippen LogP contribution >= 0.6 is 23.2 Å². The van der Waals surface area contributed by atoms with E-state index in [4.69, 9.17) is 40.5 Å². The van der Waals surface area contributed by atoms with Crippen LogP contribution in [0.2, 0.25) is 10.2 Å². The van der Waals surface area contributed by atoms with Gasteiger partial charge in [-0.2, -0.15) is 0 Å². The van der Waals surface area contributed by atoms with Crippen molar-refractivity contribution in [3.63, 3.8) is 0 Å². The summed E-state index contributed by atoms with van der Waals surface area (Å²) in [6, 6.07) is 4.65. The third-order valence-corrected chi connectivity index (χ3v) is 7.71. The minimum atomic E-state index is -0.720. The maximum atomic E-state index is 13.8. The fourth-order valence-electron chi connectivity index (χ4n) is 5.11. The van der Waals surface area contributed by atoms with Crippen LogP contribution in [0.3, 0.4) is 0 Å². The van der Waals surface area contributed by atoms with Gasteiger partial charge in [-0.25, -0.2) is 14.4 Å². The number of hydrazone groups is 1. The largest absolute Gasteiger partial charge is 0.382 e.